The first kappa shape index (κ1) is 19.8. The molecule has 0 bridgehead atoms. The average molecular weight is 286 g/mol. The number of hydrogen-bond donors (Lipinski definition) is 1. The molecule has 0 unspecified atom stereocenters. The summed E-state index contributed by atoms with van der Waals surface area (Å²) in [6.07, 6.45) is 3.63. The molecule has 20 heavy (non-hydrogen) atoms. The molecule has 0 fully saturated rings. The normalized spacial score (nSPS) is 9.10. The molecule has 8 nitrogen and oxygen atoms in total. The SMILES string of the molecule is C/C=C\C(=O)N(C=O)CC(=O)ONC(=O)CCC.C=O. The van der Waals surface area contributed by atoms with Gasteiger partial charge in [0, 0.05) is 6.42 Å². The van der Waals surface area contributed by atoms with Gasteiger partial charge in [-0.3, -0.25) is 19.3 Å². The lowest BCUT2D eigenvalue weighted by molar-refractivity contribution is -0.161. The third-order valence-electron chi connectivity index (χ3n) is 1.77. The molecule has 0 spiro atoms. The van der Waals surface area contributed by atoms with Gasteiger partial charge in [0.15, 0.2) is 0 Å². The third-order valence-corrected chi connectivity index (χ3v) is 1.77. The summed E-state index contributed by atoms with van der Waals surface area (Å²) in [5.74, 6) is -1.97. The Morgan fingerprint density at radius 3 is 2.35 bits per heavy atom. The molecular formula is C12H18N2O6. The second-order valence-electron chi connectivity index (χ2n) is 3.32. The van der Waals surface area contributed by atoms with Crippen LogP contribution in [0.1, 0.15) is 26.7 Å². The number of hydrogen-bond acceptors (Lipinski definition) is 6. The second kappa shape index (κ2) is 12.9. The molecule has 112 valence electrons. The lowest BCUT2D eigenvalue weighted by atomic mass is 10.3. The highest BCUT2D eigenvalue weighted by Crippen LogP contribution is 1.90. The highest BCUT2D eigenvalue weighted by atomic mass is 16.7. The van der Waals surface area contributed by atoms with Crippen molar-refractivity contribution in [2.24, 2.45) is 0 Å². The van der Waals surface area contributed by atoms with Crippen molar-refractivity contribution in [2.75, 3.05) is 6.54 Å². The summed E-state index contributed by atoms with van der Waals surface area (Å²) in [4.78, 5) is 57.1. The van der Waals surface area contributed by atoms with E-state index in [1.165, 1.54) is 6.08 Å². The van der Waals surface area contributed by atoms with Gasteiger partial charge in [0.05, 0.1) is 0 Å². The van der Waals surface area contributed by atoms with Gasteiger partial charge in [0.25, 0.3) is 11.8 Å². The zero-order chi connectivity index (χ0) is 16.0. The van der Waals surface area contributed by atoms with E-state index in [9.17, 15) is 19.2 Å². The molecule has 0 radical (unpaired) electrons. The minimum atomic E-state index is -0.899. The predicted octanol–water partition coefficient (Wildman–Crippen LogP) is -0.263. The van der Waals surface area contributed by atoms with E-state index >= 15 is 0 Å². The molecule has 0 aliphatic heterocycles. The molecule has 0 saturated heterocycles. The molecule has 0 rings (SSSR count). The number of imide groups is 1. The van der Waals surface area contributed by atoms with Crippen molar-refractivity contribution in [2.45, 2.75) is 26.7 Å². The fraction of sp³-hybridized carbons (Fsp3) is 0.417. The van der Waals surface area contributed by atoms with Crippen LogP contribution in [0.4, 0.5) is 0 Å². The van der Waals surface area contributed by atoms with Crippen molar-refractivity contribution < 1.29 is 28.8 Å². The Kier molecular flexibility index (Phi) is 12.8. The van der Waals surface area contributed by atoms with Gasteiger partial charge < -0.3 is 9.63 Å². The Balaban J connectivity index is 0. The Bertz CT molecular complexity index is 367. The third kappa shape index (κ3) is 9.51. The first-order chi connectivity index (χ1) is 9.54. The zero-order valence-electron chi connectivity index (χ0n) is 11.5. The number of nitrogens with one attached hydrogen (secondary N) is 1. The standard InChI is InChI=1S/C11H16N2O5.CH2O/c1-3-5-9(15)12-18-11(17)7-13(8-14)10(16)6-4-2;1-2/h4,6,8H,3,5,7H2,1-2H3,(H,12,15);1H2/b6-4-;. The highest BCUT2D eigenvalue weighted by molar-refractivity contribution is 5.97. The molecule has 0 aliphatic rings. The van der Waals surface area contributed by atoms with E-state index in [0.29, 0.717) is 11.3 Å². The molecular weight excluding hydrogens is 268 g/mol. The molecule has 3 amide bonds. The van der Waals surface area contributed by atoms with Crippen LogP contribution in [0.15, 0.2) is 12.2 Å². The van der Waals surface area contributed by atoms with Gasteiger partial charge in [-0.1, -0.05) is 13.0 Å². The van der Waals surface area contributed by atoms with Crippen LogP contribution >= 0.6 is 0 Å². The van der Waals surface area contributed by atoms with E-state index in [2.05, 4.69) is 4.84 Å². The number of allylic oxidation sites excluding steroid dienone is 1. The largest absolute Gasteiger partial charge is 0.351 e. The minimum absolute atomic E-state index is 0.220. The lowest BCUT2D eigenvalue weighted by Gasteiger charge is -2.12. The first-order valence-electron chi connectivity index (χ1n) is 5.71. The van der Waals surface area contributed by atoms with E-state index in [4.69, 9.17) is 4.79 Å². The van der Waals surface area contributed by atoms with Crippen molar-refractivity contribution in [3.63, 3.8) is 0 Å². The topological polar surface area (TPSA) is 110 Å². The molecule has 0 aromatic carbocycles. The van der Waals surface area contributed by atoms with E-state index in [0.717, 1.165) is 6.08 Å². The summed E-state index contributed by atoms with van der Waals surface area (Å²) in [5, 5.41) is 0. The van der Waals surface area contributed by atoms with Crippen LogP contribution < -0.4 is 5.48 Å². The quantitative estimate of drug-likeness (QED) is 0.409. The molecule has 0 saturated carbocycles. The number of nitrogens with zero attached hydrogens (tertiary/aromatic N) is 1. The van der Waals surface area contributed by atoms with Crippen LogP contribution in [0.25, 0.3) is 0 Å². The van der Waals surface area contributed by atoms with Crippen molar-refractivity contribution in [1.82, 2.24) is 10.4 Å². The smallest absolute Gasteiger partial charge is 0.339 e. The van der Waals surface area contributed by atoms with Gasteiger partial charge in [-0.05, 0) is 19.4 Å². The van der Waals surface area contributed by atoms with Crippen molar-refractivity contribution >= 4 is 31.0 Å². The number of carbonyl (C=O) groups excluding carboxylic acids is 5. The number of rotatable bonds is 6. The number of hydroxylamine groups is 1. The lowest BCUT2D eigenvalue weighted by Crippen LogP contribution is -2.37. The monoisotopic (exact) mass is 286 g/mol. The van der Waals surface area contributed by atoms with Crippen LogP contribution in [-0.2, 0) is 28.8 Å². The zero-order valence-corrected chi connectivity index (χ0v) is 11.5. The molecule has 0 heterocycles. The molecule has 0 aromatic rings. The fourth-order valence-corrected chi connectivity index (χ4v) is 0.969. The van der Waals surface area contributed by atoms with Crippen LogP contribution in [0.2, 0.25) is 0 Å². The Hall–Kier alpha value is -2.51. The van der Waals surface area contributed by atoms with Gasteiger partial charge in [-0.15, -0.1) is 0 Å². The molecule has 0 aromatic heterocycles. The summed E-state index contributed by atoms with van der Waals surface area (Å²) in [7, 11) is 0. The summed E-state index contributed by atoms with van der Waals surface area (Å²) in [6.45, 7) is 4.84. The molecule has 0 aliphatic carbocycles. The van der Waals surface area contributed by atoms with Gasteiger partial charge in [-0.25, -0.2) is 4.79 Å². The molecule has 8 heteroatoms. The van der Waals surface area contributed by atoms with E-state index in [-0.39, 0.29) is 12.8 Å². The number of carbonyl (C=O) groups is 5. The van der Waals surface area contributed by atoms with E-state index in [1.54, 1.807) is 13.8 Å². The maximum absolute atomic E-state index is 11.3. The fourth-order valence-electron chi connectivity index (χ4n) is 0.969. The Morgan fingerprint density at radius 1 is 1.30 bits per heavy atom. The van der Waals surface area contributed by atoms with Gasteiger partial charge >= 0.3 is 5.97 Å². The van der Waals surface area contributed by atoms with Crippen LogP contribution in [0.5, 0.6) is 0 Å². The average Bonchev–Trinajstić information content (AvgIpc) is 2.45. The first-order valence-corrected chi connectivity index (χ1v) is 5.71. The summed E-state index contributed by atoms with van der Waals surface area (Å²) >= 11 is 0. The van der Waals surface area contributed by atoms with Gasteiger partial charge in [-0.2, -0.15) is 5.48 Å². The molecule has 0 atom stereocenters. The Labute approximate surface area is 116 Å². The van der Waals surface area contributed by atoms with Crippen LogP contribution in [0.3, 0.4) is 0 Å². The van der Waals surface area contributed by atoms with Crippen molar-refractivity contribution in [3.05, 3.63) is 12.2 Å². The van der Waals surface area contributed by atoms with Gasteiger partial charge in [0.1, 0.15) is 13.3 Å². The van der Waals surface area contributed by atoms with Crippen molar-refractivity contribution in [1.29, 1.82) is 0 Å². The van der Waals surface area contributed by atoms with Crippen LogP contribution in [-0.4, -0.2) is 42.4 Å². The maximum Gasteiger partial charge on any atom is 0.351 e. The summed E-state index contributed by atoms with van der Waals surface area (Å²) in [6, 6.07) is 0. The number of amides is 3. The predicted molar refractivity (Wildman–Crippen MR) is 68.9 cm³/mol. The van der Waals surface area contributed by atoms with Gasteiger partial charge in [0.2, 0.25) is 6.41 Å². The van der Waals surface area contributed by atoms with Crippen LogP contribution in [0, 0.1) is 0 Å². The van der Waals surface area contributed by atoms with Crippen molar-refractivity contribution in [3.8, 4) is 0 Å². The summed E-state index contributed by atoms with van der Waals surface area (Å²) < 4.78 is 0. The highest BCUT2D eigenvalue weighted by Gasteiger charge is 2.16. The molecule has 1 N–H and O–H groups in total. The minimum Gasteiger partial charge on any atom is -0.339 e. The second-order valence-corrected chi connectivity index (χ2v) is 3.32. The Morgan fingerprint density at radius 2 is 1.90 bits per heavy atom. The summed E-state index contributed by atoms with van der Waals surface area (Å²) in [5.41, 5.74) is 1.92. The van der Waals surface area contributed by atoms with E-state index in [1.807, 2.05) is 12.3 Å². The maximum atomic E-state index is 11.3. The van der Waals surface area contributed by atoms with E-state index < -0.39 is 24.3 Å².